The molecule has 8 heavy (non-hydrogen) atoms. The zero-order valence-electron chi connectivity index (χ0n) is 4.30. The highest BCUT2D eigenvalue weighted by Crippen LogP contribution is 2.29. The van der Waals surface area contributed by atoms with E-state index in [1.807, 2.05) is 0 Å². The van der Waals surface area contributed by atoms with Gasteiger partial charge in [-0.3, -0.25) is 9.10 Å². The normalized spacial score (nSPS) is 29.5. The molecule has 0 aromatic rings. The first-order valence-corrected chi connectivity index (χ1v) is 3.41. The first kappa shape index (κ1) is 6.23. The Balaban J connectivity index is 2.51. The molecule has 0 aliphatic carbocycles. The Morgan fingerprint density at radius 3 is 2.75 bits per heavy atom. The lowest BCUT2D eigenvalue weighted by Crippen LogP contribution is -2.11. The monoisotopic (exact) mass is 150 g/mol. The van der Waals surface area contributed by atoms with Gasteiger partial charge in [-0.2, -0.15) is 0 Å². The van der Waals surface area contributed by atoms with Gasteiger partial charge < -0.3 is 0 Å². The molecule has 1 unspecified atom stereocenters. The number of rotatable bonds is 0. The minimum Gasteiger partial charge on any atom is -0.288 e. The second kappa shape index (κ2) is 2.15. The molecule has 0 bridgehead atoms. The third kappa shape index (κ3) is 1.09. The third-order valence-electron chi connectivity index (χ3n) is 0.843. The van der Waals surface area contributed by atoms with Crippen LogP contribution in [0.2, 0.25) is 0 Å². The fraction of sp³-hybridized carbons (Fsp3) is 0.500. The van der Waals surface area contributed by atoms with Gasteiger partial charge in [-0.05, 0) is 11.9 Å². The Hall–Kier alpha value is 0.110. The average molecular weight is 151 g/mol. The van der Waals surface area contributed by atoms with Crippen LogP contribution >= 0.6 is 23.5 Å². The maximum absolute atomic E-state index is 10.5. The summed E-state index contributed by atoms with van der Waals surface area (Å²) in [5, 5.41) is 0. The number of alkyl halides is 1. The summed E-state index contributed by atoms with van der Waals surface area (Å²) in [7, 11) is 1.70. The van der Waals surface area contributed by atoms with Crippen LogP contribution in [0.1, 0.15) is 0 Å². The van der Waals surface area contributed by atoms with Crippen molar-refractivity contribution in [3.63, 3.8) is 0 Å². The summed E-state index contributed by atoms with van der Waals surface area (Å²) < 4.78 is 1.35. The Morgan fingerprint density at radius 1 is 2.00 bits per heavy atom. The molecule has 0 saturated carbocycles. The molecular weight excluding hydrogens is 146 g/mol. The van der Waals surface area contributed by atoms with Crippen molar-refractivity contribution >= 4 is 29.5 Å². The van der Waals surface area contributed by atoms with Gasteiger partial charge in [0.25, 0.3) is 0 Å². The first-order valence-electron chi connectivity index (χ1n) is 2.13. The summed E-state index contributed by atoms with van der Waals surface area (Å²) in [5.74, 6) is -0.00463. The molecule has 0 N–H and O–H groups in total. The molecule has 1 aliphatic heterocycles. The molecular formula is C4H5ClNOS. The van der Waals surface area contributed by atoms with Gasteiger partial charge in [0, 0.05) is 7.05 Å². The highest BCUT2D eigenvalue weighted by atomic mass is 35.5. The minimum absolute atomic E-state index is 0.00463. The van der Waals surface area contributed by atoms with Crippen LogP contribution < -0.4 is 0 Å². The molecule has 1 aliphatic rings. The predicted octanol–water partition coefficient (Wildman–Crippen LogP) is 0.876. The largest absolute Gasteiger partial charge is 0.288 e. The Kier molecular flexibility index (Phi) is 1.68. The molecule has 1 saturated heterocycles. The summed E-state index contributed by atoms with van der Waals surface area (Å²) in [5.41, 5.74) is 0. The van der Waals surface area contributed by atoms with E-state index in [1.165, 1.54) is 22.7 Å². The summed E-state index contributed by atoms with van der Waals surface area (Å²) in [6.07, 6.45) is 1.48. The number of hydrogen-bond acceptors (Lipinski definition) is 2. The molecule has 1 atom stereocenters. The topological polar surface area (TPSA) is 20.3 Å². The molecule has 1 amide bonds. The van der Waals surface area contributed by atoms with Crippen LogP contribution in [0, 0.1) is 6.42 Å². The lowest BCUT2D eigenvalue weighted by Gasteiger charge is -2.02. The van der Waals surface area contributed by atoms with Gasteiger partial charge in [0.1, 0.15) is 4.71 Å². The van der Waals surface area contributed by atoms with E-state index < -0.39 is 0 Å². The predicted molar refractivity (Wildman–Crippen MR) is 34.3 cm³/mol. The SMILES string of the molecule is CN1SC(Cl)[CH]C1=O. The van der Waals surface area contributed by atoms with Gasteiger partial charge >= 0.3 is 0 Å². The number of carbonyl (C=O) groups excluding carboxylic acids is 1. The standard InChI is InChI=1S/C4H5ClNOS/c1-6-4(7)2-3(5)8-6/h2-3H,1H3. The molecule has 0 spiro atoms. The molecule has 1 radical (unpaired) electrons. The fourth-order valence-electron chi connectivity index (χ4n) is 0.450. The number of hydrogen-bond donors (Lipinski definition) is 0. The van der Waals surface area contributed by atoms with Crippen molar-refractivity contribution < 1.29 is 4.79 Å². The zero-order chi connectivity index (χ0) is 6.15. The van der Waals surface area contributed by atoms with Crippen LogP contribution in [0.4, 0.5) is 0 Å². The number of nitrogens with zero attached hydrogens (tertiary/aromatic N) is 1. The Morgan fingerprint density at radius 2 is 2.62 bits per heavy atom. The van der Waals surface area contributed by atoms with E-state index in [1.54, 1.807) is 7.05 Å². The van der Waals surface area contributed by atoms with E-state index in [2.05, 4.69) is 0 Å². The Labute approximate surface area is 57.3 Å². The Bertz CT molecular complexity index is 119. The smallest absolute Gasteiger partial charge is 0.238 e. The van der Waals surface area contributed by atoms with Crippen LogP contribution in [-0.2, 0) is 4.79 Å². The van der Waals surface area contributed by atoms with Gasteiger partial charge in [-0.15, -0.1) is 11.6 Å². The van der Waals surface area contributed by atoms with Crippen molar-refractivity contribution in [2.45, 2.75) is 4.71 Å². The highest BCUT2D eigenvalue weighted by Gasteiger charge is 2.26. The van der Waals surface area contributed by atoms with Gasteiger partial charge in [0.2, 0.25) is 5.91 Å². The highest BCUT2D eigenvalue weighted by molar-refractivity contribution is 8.00. The van der Waals surface area contributed by atoms with E-state index in [4.69, 9.17) is 11.6 Å². The van der Waals surface area contributed by atoms with Crippen LogP contribution in [-0.4, -0.2) is 22.0 Å². The van der Waals surface area contributed by atoms with Crippen molar-refractivity contribution in [3.8, 4) is 0 Å². The van der Waals surface area contributed by atoms with Crippen molar-refractivity contribution in [2.24, 2.45) is 0 Å². The van der Waals surface area contributed by atoms with Gasteiger partial charge in [0.15, 0.2) is 0 Å². The summed E-state index contributed by atoms with van der Waals surface area (Å²) in [6, 6.07) is 0. The van der Waals surface area contributed by atoms with Crippen molar-refractivity contribution in [3.05, 3.63) is 6.42 Å². The molecule has 45 valence electrons. The zero-order valence-corrected chi connectivity index (χ0v) is 5.87. The van der Waals surface area contributed by atoms with Crippen molar-refractivity contribution in [1.82, 2.24) is 4.31 Å². The van der Waals surface area contributed by atoms with Gasteiger partial charge in [0.05, 0.1) is 6.42 Å². The molecule has 1 fully saturated rings. The van der Waals surface area contributed by atoms with Crippen LogP contribution in [0.3, 0.4) is 0 Å². The summed E-state index contributed by atoms with van der Waals surface area (Å²) in [4.78, 5) is 10.5. The first-order chi connectivity index (χ1) is 3.70. The number of carbonyl (C=O) groups is 1. The van der Waals surface area contributed by atoms with E-state index in [0.717, 1.165) is 0 Å². The molecule has 1 heterocycles. The maximum atomic E-state index is 10.5. The van der Waals surface area contributed by atoms with Gasteiger partial charge in [-0.1, -0.05) is 0 Å². The fourth-order valence-corrected chi connectivity index (χ4v) is 1.56. The second-order valence-corrected chi connectivity index (χ2v) is 3.45. The van der Waals surface area contributed by atoms with E-state index in [0.29, 0.717) is 0 Å². The average Bonchev–Trinajstić information content (AvgIpc) is 1.85. The maximum Gasteiger partial charge on any atom is 0.238 e. The van der Waals surface area contributed by atoms with Crippen LogP contribution in [0.5, 0.6) is 0 Å². The van der Waals surface area contributed by atoms with Crippen molar-refractivity contribution in [1.29, 1.82) is 0 Å². The quantitative estimate of drug-likeness (QED) is 0.378. The number of halogens is 1. The van der Waals surface area contributed by atoms with E-state index in [-0.39, 0.29) is 10.6 Å². The molecule has 1 rings (SSSR count). The van der Waals surface area contributed by atoms with E-state index >= 15 is 0 Å². The minimum atomic E-state index is -0.160. The van der Waals surface area contributed by atoms with Gasteiger partial charge in [-0.25, -0.2) is 0 Å². The summed E-state index contributed by atoms with van der Waals surface area (Å²) >= 11 is 6.87. The third-order valence-corrected chi connectivity index (χ3v) is 2.04. The molecule has 4 heteroatoms. The van der Waals surface area contributed by atoms with E-state index in [9.17, 15) is 4.79 Å². The van der Waals surface area contributed by atoms with Crippen LogP contribution in [0.15, 0.2) is 0 Å². The lowest BCUT2D eigenvalue weighted by atomic mass is 10.5. The lowest BCUT2D eigenvalue weighted by molar-refractivity contribution is -0.121. The van der Waals surface area contributed by atoms with Crippen molar-refractivity contribution in [2.75, 3.05) is 7.05 Å². The second-order valence-electron chi connectivity index (χ2n) is 1.46. The summed E-state index contributed by atoms with van der Waals surface area (Å²) in [6.45, 7) is 0. The number of amides is 1. The molecule has 0 aromatic heterocycles. The molecule has 0 aromatic carbocycles. The van der Waals surface area contributed by atoms with Crippen LogP contribution in [0.25, 0.3) is 0 Å². The molecule has 2 nitrogen and oxygen atoms in total.